The molecule has 14 nitrogen and oxygen atoms in total. The van der Waals surface area contributed by atoms with Gasteiger partial charge in [-0.05, 0) is 70.6 Å². The standard InChI is InChI=1S/C69H123NO13/c1-3-5-7-9-11-13-15-17-19-21-23-25-26-27-28-29-30-31-32-33-35-37-39-41-43-45-47-49-51-53-61(74)70-57(58(73)52-50-48-46-44-42-40-38-36-34-24-22-20-18-16-14-12-10-8-6-4-2)56-80-68-66(79)64(77)67(60(55-72)82-68)83-69-65(78)63(76)62(75)59(54-71)81-69/h5,7,11,13,17,19,23,25,42,44,50,52,57-60,62-69,71-73,75-79H,3-4,6,8-10,12,14-16,18,20-22,24,26-41,43,45-49,51,53-56H2,1-2H3,(H,70,74)/b7-5-,13-11-,19-17-,25-23-,44-42+,52-50+. The lowest BCUT2D eigenvalue weighted by atomic mass is 9.97. The highest BCUT2D eigenvalue weighted by Gasteiger charge is 2.51. The average Bonchev–Trinajstić information content (AvgIpc) is 3.65. The third kappa shape index (κ3) is 38.4. The van der Waals surface area contributed by atoms with Crippen LogP contribution in [0.5, 0.6) is 0 Å². The molecule has 2 aliphatic heterocycles. The quantitative estimate of drug-likeness (QED) is 0.0204. The lowest BCUT2D eigenvalue weighted by Crippen LogP contribution is -2.65. The van der Waals surface area contributed by atoms with Gasteiger partial charge in [0.2, 0.25) is 5.91 Å². The lowest BCUT2D eigenvalue weighted by molar-refractivity contribution is -0.359. The first-order valence-corrected chi connectivity index (χ1v) is 33.7. The van der Waals surface area contributed by atoms with Gasteiger partial charge in [-0.15, -0.1) is 0 Å². The zero-order valence-corrected chi connectivity index (χ0v) is 52.2. The maximum absolute atomic E-state index is 13.3. The van der Waals surface area contributed by atoms with Gasteiger partial charge < -0.3 is 65.1 Å². The van der Waals surface area contributed by atoms with Crippen LogP contribution in [0.4, 0.5) is 0 Å². The first kappa shape index (κ1) is 76.5. The maximum Gasteiger partial charge on any atom is 0.220 e. The summed E-state index contributed by atoms with van der Waals surface area (Å²) in [4.78, 5) is 13.3. The number of unbranched alkanes of at least 4 members (excludes halogenated alkanes) is 31. The zero-order valence-electron chi connectivity index (χ0n) is 52.2. The molecule has 0 aromatic rings. The van der Waals surface area contributed by atoms with Gasteiger partial charge in [-0.2, -0.15) is 0 Å². The van der Waals surface area contributed by atoms with Crippen molar-refractivity contribution >= 4 is 5.91 Å². The first-order chi connectivity index (χ1) is 40.6. The van der Waals surface area contributed by atoms with E-state index in [1.54, 1.807) is 6.08 Å². The number of rotatable bonds is 54. The fourth-order valence-electron chi connectivity index (χ4n) is 10.8. The van der Waals surface area contributed by atoms with Gasteiger partial charge in [-0.1, -0.05) is 260 Å². The summed E-state index contributed by atoms with van der Waals surface area (Å²) < 4.78 is 22.8. The predicted molar refractivity (Wildman–Crippen MR) is 337 cm³/mol. The van der Waals surface area contributed by atoms with Crippen molar-refractivity contribution in [2.75, 3.05) is 19.8 Å². The van der Waals surface area contributed by atoms with Crippen molar-refractivity contribution in [3.63, 3.8) is 0 Å². The van der Waals surface area contributed by atoms with Gasteiger partial charge >= 0.3 is 0 Å². The van der Waals surface area contributed by atoms with Crippen LogP contribution >= 0.6 is 0 Å². The molecular formula is C69H123NO13. The van der Waals surface area contributed by atoms with Gasteiger partial charge in [0.15, 0.2) is 12.6 Å². The van der Waals surface area contributed by atoms with Crippen LogP contribution in [0.2, 0.25) is 0 Å². The number of carbonyl (C=O) groups is 1. The molecular weight excluding hydrogens is 1050 g/mol. The minimum atomic E-state index is -1.79. The van der Waals surface area contributed by atoms with E-state index in [9.17, 15) is 45.6 Å². The summed E-state index contributed by atoms with van der Waals surface area (Å²) in [6, 6.07) is -0.935. The summed E-state index contributed by atoms with van der Waals surface area (Å²) in [7, 11) is 0. The molecule has 2 aliphatic rings. The van der Waals surface area contributed by atoms with Gasteiger partial charge in [0.05, 0.1) is 32.0 Å². The molecule has 12 unspecified atom stereocenters. The van der Waals surface area contributed by atoms with Crippen LogP contribution in [-0.4, -0.2) is 140 Å². The summed E-state index contributed by atoms with van der Waals surface area (Å²) in [6.07, 6.45) is 55.2. The molecule has 0 spiro atoms. The van der Waals surface area contributed by atoms with Crippen LogP contribution in [0, 0.1) is 0 Å². The molecule has 14 heteroatoms. The molecule has 2 saturated heterocycles. The molecule has 12 atom stereocenters. The van der Waals surface area contributed by atoms with E-state index in [0.717, 1.165) is 57.8 Å². The number of carbonyl (C=O) groups excluding carboxylic acids is 1. The van der Waals surface area contributed by atoms with E-state index in [2.05, 4.69) is 79.9 Å². The second-order valence-electron chi connectivity index (χ2n) is 23.6. The van der Waals surface area contributed by atoms with Crippen LogP contribution in [0.1, 0.15) is 264 Å². The van der Waals surface area contributed by atoms with E-state index < -0.39 is 86.8 Å². The normalized spacial score (nSPS) is 24.3. The fraction of sp³-hybridized carbons (Fsp3) is 0.812. The molecule has 9 N–H and O–H groups in total. The Balaban J connectivity index is 1.70. The average molecular weight is 1170 g/mol. The van der Waals surface area contributed by atoms with E-state index in [-0.39, 0.29) is 18.9 Å². The molecule has 83 heavy (non-hydrogen) atoms. The number of hydrogen-bond donors (Lipinski definition) is 9. The minimum Gasteiger partial charge on any atom is -0.394 e. The van der Waals surface area contributed by atoms with Gasteiger partial charge in [-0.25, -0.2) is 0 Å². The lowest BCUT2D eigenvalue weighted by Gasteiger charge is -2.46. The molecule has 2 fully saturated rings. The fourth-order valence-corrected chi connectivity index (χ4v) is 10.8. The number of amides is 1. The highest BCUT2D eigenvalue weighted by Crippen LogP contribution is 2.30. The number of allylic oxidation sites excluding steroid dienone is 11. The Bertz CT molecular complexity index is 1670. The molecule has 0 saturated carbocycles. The van der Waals surface area contributed by atoms with Crippen LogP contribution in [-0.2, 0) is 23.7 Å². The predicted octanol–water partition coefficient (Wildman–Crippen LogP) is 13.1. The third-order valence-corrected chi connectivity index (χ3v) is 16.1. The molecule has 0 radical (unpaired) electrons. The molecule has 482 valence electrons. The third-order valence-electron chi connectivity index (χ3n) is 16.1. The smallest absolute Gasteiger partial charge is 0.220 e. The Kier molecular flexibility index (Phi) is 49.5. The number of ether oxygens (including phenoxy) is 4. The minimum absolute atomic E-state index is 0.249. The SMILES string of the molecule is CC/C=C\C/C=C\C/C=C\C/C=C\CCCCCCCCCCCCCCCCCCC(=O)NC(COC1OC(CO)C(OC2OC(CO)C(O)C(O)C2O)C(O)C1O)C(O)/C=C/CC/C=C/CCCCCCCCCCCCCCCC. The molecule has 0 aliphatic carbocycles. The summed E-state index contributed by atoms with van der Waals surface area (Å²) in [5.74, 6) is -0.249. The Labute approximate surface area is 504 Å². The molecule has 1 amide bonds. The number of hydrogen-bond acceptors (Lipinski definition) is 13. The van der Waals surface area contributed by atoms with Crippen LogP contribution in [0.3, 0.4) is 0 Å². The molecule has 0 aromatic heterocycles. The van der Waals surface area contributed by atoms with Crippen LogP contribution < -0.4 is 5.32 Å². The Morgan fingerprint density at radius 3 is 1.33 bits per heavy atom. The second kappa shape index (κ2) is 53.7. The topological polar surface area (TPSA) is 228 Å². The van der Waals surface area contributed by atoms with E-state index in [1.165, 1.54) is 173 Å². The Hall–Kier alpha value is -2.57. The van der Waals surface area contributed by atoms with Crippen molar-refractivity contribution in [1.82, 2.24) is 5.32 Å². The summed E-state index contributed by atoms with van der Waals surface area (Å²) in [6.45, 7) is 2.69. The molecule has 0 aromatic carbocycles. The van der Waals surface area contributed by atoms with Crippen LogP contribution in [0.25, 0.3) is 0 Å². The van der Waals surface area contributed by atoms with Gasteiger partial charge in [0.25, 0.3) is 0 Å². The summed E-state index contributed by atoms with van der Waals surface area (Å²) >= 11 is 0. The summed E-state index contributed by atoms with van der Waals surface area (Å²) in [5.41, 5.74) is 0. The number of aliphatic hydroxyl groups is 8. The monoisotopic (exact) mass is 1170 g/mol. The van der Waals surface area contributed by atoms with Crippen molar-refractivity contribution in [1.29, 1.82) is 0 Å². The molecule has 0 bridgehead atoms. The maximum atomic E-state index is 13.3. The van der Waals surface area contributed by atoms with Crippen molar-refractivity contribution in [2.24, 2.45) is 0 Å². The summed E-state index contributed by atoms with van der Waals surface area (Å²) in [5, 5.41) is 87.3. The van der Waals surface area contributed by atoms with Gasteiger partial charge in [0, 0.05) is 6.42 Å². The van der Waals surface area contributed by atoms with Gasteiger partial charge in [0.1, 0.15) is 48.8 Å². The zero-order chi connectivity index (χ0) is 60.2. The number of nitrogens with one attached hydrogen (secondary N) is 1. The van der Waals surface area contributed by atoms with E-state index in [0.29, 0.717) is 12.8 Å². The van der Waals surface area contributed by atoms with Crippen molar-refractivity contribution in [3.8, 4) is 0 Å². The largest absolute Gasteiger partial charge is 0.394 e. The van der Waals surface area contributed by atoms with Crippen LogP contribution in [0.15, 0.2) is 72.9 Å². The van der Waals surface area contributed by atoms with Crippen molar-refractivity contribution in [3.05, 3.63) is 72.9 Å². The van der Waals surface area contributed by atoms with E-state index >= 15 is 0 Å². The van der Waals surface area contributed by atoms with E-state index in [1.807, 2.05) is 6.08 Å². The van der Waals surface area contributed by atoms with Gasteiger partial charge in [-0.3, -0.25) is 4.79 Å². The van der Waals surface area contributed by atoms with Crippen molar-refractivity contribution < 1.29 is 64.6 Å². The highest BCUT2D eigenvalue weighted by molar-refractivity contribution is 5.76. The Morgan fingerprint density at radius 2 is 0.843 bits per heavy atom. The first-order valence-electron chi connectivity index (χ1n) is 33.7. The number of aliphatic hydroxyl groups excluding tert-OH is 8. The molecule has 2 rings (SSSR count). The molecule has 2 heterocycles. The highest BCUT2D eigenvalue weighted by atomic mass is 16.7. The second-order valence-corrected chi connectivity index (χ2v) is 23.6. The van der Waals surface area contributed by atoms with Crippen molar-refractivity contribution in [2.45, 2.75) is 338 Å². The van der Waals surface area contributed by atoms with E-state index in [4.69, 9.17) is 18.9 Å². The Morgan fingerprint density at radius 1 is 0.446 bits per heavy atom.